The van der Waals surface area contributed by atoms with Crippen molar-refractivity contribution >= 4 is 51.7 Å². The molecule has 0 amide bonds. The third-order valence-electron chi connectivity index (χ3n) is 5.21. The summed E-state index contributed by atoms with van der Waals surface area (Å²) in [6, 6.07) is 3.65. The summed E-state index contributed by atoms with van der Waals surface area (Å²) in [5.74, 6) is 1.54. The molecule has 6 nitrogen and oxygen atoms in total. The van der Waals surface area contributed by atoms with Crippen molar-refractivity contribution in [2.24, 2.45) is 5.41 Å². The first-order valence-corrected chi connectivity index (χ1v) is 11.7. The Morgan fingerprint density at radius 3 is 2.16 bits per heavy atom. The summed E-state index contributed by atoms with van der Waals surface area (Å²) in [6.07, 6.45) is 3.72. The molecule has 9 heteroatoms. The lowest BCUT2D eigenvalue weighted by Crippen LogP contribution is -2.31. The highest BCUT2D eigenvalue weighted by atomic mass is 35.5. The van der Waals surface area contributed by atoms with Gasteiger partial charge in [0.25, 0.3) is 0 Å². The van der Waals surface area contributed by atoms with Gasteiger partial charge < -0.3 is 14.8 Å². The summed E-state index contributed by atoms with van der Waals surface area (Å²) in [5, 5.41) is 5.73. The van der Waals surface area contributed by atoms with E-state index >= 15 is 0 Å². The maximum Gasteiger partial charge on any atom is 0.187 e. The average Bonchev–Trinajstić information content (AvgIpc) is 2.73. The molecule has 1 aromatic carbocycles. The van der Waals surface area contributed by atoms with Crippen molar-refractivity contribution in [1.82, 2.24) is 15.0 Å². The third kappa shape index (κ3) is 4.78. The molecule has 0 aliphatic heterocycles. The van der Waals surface area contributed by atoms with Crippen LogP contribution in [0.4, 0.5) is 5.82 Å². The van der Waals surface area contributed by atoms with Gasteiger partial charge in [0.15, 0.2) is 11.0 Å². The van der Waals surface area contributed by atoms with E-state index in [1.54, 1.807) is 26.5 Å². The zero-order chi connectivity index (χ0) is 22.9. The zero-order valence-corrected chi connectivity index (χ0v) is 21.0. The molecule has 2 aromatic heterocycles. The Balaban J connectivity index is 2.30. The van der Waals surface area contributed by atoms with Crippen LogP contribution in [0, 0.1) is 5.41 Å². The van der Waals surface area contributed by atoms with Crippen LogP contribution in [0.5, 0.6) is 11.5 Å². The average molecular weight is 481 g/mol. The first-order chi connectivity index (χ1) is 14.6. The topological polar surface area (TPSA) is 69.2 Å². The monoisotopic (exact) mass is 480 g/mol. The van der Waals surface area contributed by atoms with E-state index < -0.39 is 0 Å². The lowest BCUT2D eigenvalue weighted by molar-refractivity contribution is 0.359. The zero-order valence-electron chi connectivity index (χ0n) is 18.6. The van der Waals surface area contributed by atoms with E-state index in [9.17, 15) is 0 Å². The molecule has 3 rings (SSSR count). The molecular formula is C22H26Cl2N4O2S. The van der Waals surface area contributed by atoms with Gasteiger partial charge in [0.05, 0.1) is 30.0 Å². The quantitative estimate of drug-likeness (QED) is 0.315. The number of anilines is 1. The van der Waals surface area contributed by atoms with Crippen molar-refractivity contribution in [2.45, 2.75) is 38.9 Å². The van der Waals surface area contributed by atoms with Crippen molar-refractivity contribution < 1.29 is 9.47 Å². The van der Waals surface area contributed by atoms with Gasteiger partial charge in [0.1, 0.15) is 17.0 Å². The highest BCUT2D eigenvalue weighted by molar-refractivity contribution is 7.98. The molecule has 1 unspecified atom stereocenters. The standard InChI is InChI=1S/C22H26Cl2N4O2S/c1-11(22(2,3)4)26-20-19-12(10-25-21(28-19)31-7)8-13(27-20)16-17(23)14(29-5)9-15(30-6)18(16)24/h8-11H,1-7H3,(H,26,27). The summed E-state index contributed by atoms with van der Waals surface area (Å²) < 4.78 is 10.8. The van der Waals surface area contributed by atoms with Crippen LogP contribution in [-0.2, 0) is 0 Å². The number of nitrogens with one attached hydrogen (secondary N) is 1. The number of rotatable bonds is 6. The van der Waals surface area contributed by atoms with E-state index in [4.69, 9.17) is 37.7 Å². The maximum absolute atomic E-state index is 6.65. The first-order valence-electron chi connectivity index (χ1n) is 9.69. The fourth-order valence-corrected chi connectivity index (χ4v) is 3.92. The molecule has 0 aliphatic rings. The number of pyridine rings is 1. The molecule has 0 bridgehead atoms. The lowest BCUT2D eigenvalue weighted by atomic mass is 9.88. The molecular weight excluding hydrogens is 455 g/mol. The number of methoxy groups -OCH3 is 2. The molecule has 2 heterocycles. The van der Waals surface area contributed by atoms with Gasteiger partial charge in [0, 0.05) is 29.3 Å². The molecule has 3 aromatic rings. The van der Waals surface area contributed by atoms with Crippen LogP contribution in [0.2, 0.25) is 10.0 Å². The number of hydrogen-bond acceptors (Lipinski definition) is 7. The summed E-state index contributed by atoms with van der Waals surface area (Å²) in [6.45, 7) is 8.62. The van der Waals surface area contributed by atoms with Crippen molar-refractivity contribution in [3.8, 4) is 22.8 Å². The summed E-state index contributed by atoms with van der Waals surface area (Å²) in [7, 11) is 3.09. The Bertz CT molecular complexity index is 1090. The fraction of sp³-hybridized carbons (Fsp3) is 0.409. The molecule has 0 saturated carbocycles. The Morgan fingerprint density at radius 1 is 1.03 bits per heavy atom. The Kier molecular flexibility index (Phi) is 7.08. The van der Waals surface area contributed by atoms with Crippen LogP contribution in [0.3, 0.4) is 0 Å². The number of thioether (sulfide) groups is 1. The second-order valence-corrected chi connectivity index (χ2v) is 9.70. The van der Waals surface area contributed by atoms with Crippen molar-refractivity contribution in [1.29, 1.82) is 0 Å². The van der Waals surface area contributed by atoms with Gasteiger partial charge >= 0.3 is 0 Å². The van der Waals surface area contributed by atoms with Crippen LogP contribution in [0.15, 0.2) is 23.5 Å². The Morgan fingerprint density at radius 2 is 1.65 bits per heavy atom. The van der Waals surface area contributed by atoms with E-state index in [2.05, 4.69) is 43.0 Å². The number of nitrogens with zero attached hydrogens (tertiary/aromatic N) is 3. The SMILES string of the molecule is COc1cc(OC)c(Cl)c(-c2cc3cnc(SC)nc3c(NC(C)C(C)(C)C)n2)c1Cl. The number of benzene rings is 1. The van der Waals surface area contributed by atoms with Crippen LogP contribution in [0.25, 0.3) is 22.2 Å². The van der Waals surface area contributed by atoms with Crippen molar-refractivity contribution in [2.75, 3.05) is 25.8 Å². The number of aromatic nitrogens is 3. The molecule has 166 valence electrons. The number of fused-ring (bicyclic) bond motifs is 1. The van der Waals surface area contributed by atoms with Gasteiger partial charge in [-0.3, -0.25) is 0 Å². The summed E-state index contributed by atoms with van der Waals surface area (Å²) in [5.41, 5.74) is 1.85. The summed E-state index contributed by atoms with van der Waals surface area (Å²) >= 11 is 14.8. The minimum absolute atomic E-state index is 0.00779. The molecule has 0 fully saturated rings. The minimum atomic E-state index is 0.00779. The maximum atomic E-state index is 6.65. The Labute approximate surface area is 197 Å². The second kappa shape index (κ2) is 9.27. The van der Waals surface area contributed by atoms with Crippen LogP contribution < -0.4 is 14.8 Å². The third-order valence-corrected chi connectivity index (χ3v) is 6.52. The van der Waals surface area contributed by atoms with Gasteiger partial charge in [-0.05, 0) is 24.7 Å². The molecule has 1 N–H and O–H groups in total. The van der Waals surface area contributed by atoms with Crippen molar-refractivity contribution in [3.63, 3.8) is 0 Å². The van der Waals surface area contributed by atoms with Crippen LogP contribution >= 0.6 is 35.0 Å². The minimum Gasteiger partial charge on any atom is -0.495 e. The molecule has 0 saturated heterocycles. The Hall–Kier alpha value is -1.96. The van der Waals surface area contributed by atoms with E-state index in [1.165, 1.54) is 11.8 Å². The molecule has 0 radical (unpaired) electrons. The van der Waals surface area contributed by atoms with E-state index in [0.717, 1.165) is 10.9 Å². The van der Waals surface area contributed by atoms with Gasteiger partial charge in [-0.2, -0.15) is 0 Å². The molecule has 31 heavy (non-hydrogen) atoms. The molecule has 1 atom stereocenters. The smallest absolute Gasteiger partial charge is 0.187 e. The fourth-order valence-electron chi connectivity index (χ4n) is 2.88. The normalized spacial score (nSPS) is 12.7. The molecule has 0 spiro atoms. The van der Waals surface area contributed by atoms with Gasteiger partial charge in [-0.1, -0.05) is 55.7 Å². The number of ether oxygens (including phenoxy) is 2. The van der Waals surface area contributed by atoms with E-state index in [0.29, 0.717) is 43.8 Å². The predicted octanol–water partition coefficient (Wildman–Crippen LogP) is 6.58. The second-order valence-electron chi connectivity index (χ2n) is 8.17. The lowest BCUT2D eigenvalue weighted by Gasteiger charge is -2.29. The predicted molar refractivity (Wildman–Crippen MR) is 130 cm³/mol. The van der Waals surface area contributed by atoms with E-state index in [-0.39, 0.29) is 11.5 Å². The van der Waals surface area contributed by atoms with E-state index in [1.807, 2.05) is 12.3 Å². The van der Waals surface area contributed by atoms with Crippen LogP contribution in [0.1, 0.15) is 27.7 Å². The summed E-state index contributed by atoms with van der Waals surface area (Å²) in [4.78, 5) is 14.0. The number of halogens is 2. The molecule has 0 aliphatic carbocycles. The highest BCUT2D eigenvalue weighted by Crippen LogP contribution is 2.46. The van der Waals surface area contributed by atoms with Gasteiger partial charge in [-0.25, -0.2) is 15.0 Å². The first kappa shape index (κ1) is 23.7. The highest BCUT2D eigenvalue weighted by Gasteiger charge is 2.24. The van der Waals surface area contributed by atoms with Gasteiger partial charge in [0.2, 0.25) is 0 Å². The van der Waals surface area contributed by atoms with Gasteiger partial charge in [-0.15, -0.1) is 0 Å². The van der Waals surface area contributed by atoms with Crippen LogP contribution in [-0.4, -0.2) is 41.5 Å². The number of hydrogen-bond donors (Lipinski definition) is 1. The van der Waals surface area contributed by atoms with Crippen molar-refractivity contribution in [3.05, 3.63) is 28.4 Å². The largest absolute Gasteiger partial charge is 0.495 e.